The first-order valence-corrected chi connectivity index (χ1v) is 10.4. The van der Waals surface area contributed by atoms with Crippen LogP contribution in [0.1, 0.15) is 30.6 Å². The summed E-state index contributed by atoms with van der Waals surface area (Å²) in [5.74, 6) is 0.470. The van der Waals surface area contributed by atoms with Crippen LogP contribution in [0.15, 0.2) is 18.2 Å². The molecule has 3 amide bonds. The molecule has 0 aliphatic carbocycles. The predicted octanol–water partition coefficient (Wildman–Crippen LogP) is 3.31. The minimum absolute atomic E-state index is 0.0105. The molecule has 27 heavy (non-hydrogen) atoms. The fourth-order valence-corrected chi connectivity index (χ4v) is 4.59. The molecule has 0 spiro atoms. The van der Waals surface area contributed by atoms with E-state index in [0.717, 1.165) is 36.5 Å². The van der Waals surface area contributed by atoms with Crippen LogP contribution in [0.5, 0.6) is 0 Å². The number of nitrogens with one attached hydrogen (secondary N) is 2. The number of anilines is 1. The highest BCUT2D eigenvalue weighted by atomic mass is 32.1. The third-order valence-corrected chi connectivity index (χ3v) is 6.38. The molecule has 0 bridgehead atoms. The van der Waals surface area contributed by atoms with Crippen LogP contribution in [0.25, 0.3) is 10.6 Å². The van der Waals surface area contributed by atoms with Gasteiger partial charge in [0, 0.05) is 43.0 Å². The fraction of sp³-hybridized carbons (Fsp3) is 0.526. The lowest BCUT2D eigenvalue weighted by molar-refractivity contribution is -0.121. The van der Waals surface area contributed by atoms with Crippen molar-refractivity contribution in [2.45, 2.75) is 32.6 Å². The van der Waals surface area contributed by atoms with Gasteiger partial charge >= 0.3 is 6.03 Å². The van der Waals surface area contributed by atoms with Crippen molar-refractivity contribution in [1.29, 1.82) is 0 Å². The summed E-state index contributed by atoms with van der Waals surface area (Å²) >= 11 is 1.69. The third kappa shape index (κ3) is 4.00. The smallest absolute Gasteiger partial charge is 0.319 e. The Morgan fingerprint density at radius 2 is 1.85 bits per heavy atom. The molecule has 0 atom stereocenters. The Bertz CT molecular complexity index is 816. The van der Waals surface area contributed by atoms with Gasteiger partial charge in [0.1, 0.15) is 0 Å². The summed E-state index contributed by atoms with van der Waals surface area (Å²) in [6, 6.07) is 6.12. The molecule has 0 unspecified atom stereocenters. The zero-order chi connectivity index (χ0) is 18.8. The number of carbonyl (C=O) groups is 2. The number of aryl methyl sites for hydroxylation is 1. The number of likely N-dealkylation sites (tertiary alicyclic amines) is 2. The third-order valence-electron chi connectivity index (χ3n) is 5.35. The zero-order valence-electron chi connectivity index (χ0n) is 15.5. The highest BCUT2D eigenvalue weighted by Crippen LogP contribution is 2.28. The molecule has 2 aromatic rings. The molecular formula is C19H25N5O2S. The number of carbonyl (C=O) groups excluding carboxylic acids is 2. The molecule has 4 rings (SSSR count). The number of hydrogen-bond donors (Lipinski definition) is 2. The van der Waals surface area contributed by atoms with E-state index in [1.54, 1.807) is 11.3 Å². The Morgan fingerprint density at radius 1 is 1.15 bits per heavy atom. The van der Waals surface area contributed by atoms with Crippen molar-refractivity contribution in [3.63, 3.8) is 0 Å². The van der Waals surface area contributed by atoms with Crippen LogP contribution in [0.3, 0.4) is 0 Å². The second kappa shape index (κ2) is 7.72. The first-order chi connectivity index (χ1) is 13.1. The number of rotatable bonds is 3. The minimum Gasteiger partial charge on any atom is -0.325 e. The van der Waals surface area contributed by atoms with E-state index in [4.69, 9.17) is 0 Å². The molecule has 0 aromatic carbocycles. The Balaban J connectivity index is 1.29. The number of piperidine rings is 1. The van der Waals surface area contributed by atoms with E-state index < -0.39 is 0 Å². The lowest BCUT2D eigenvalue weighted by Gasteiger charge is -2.33. The van der Waals surface area contributed by atoms with Gasteiger partial charge in [-0.25, -0.2) is 4.79 Å². The molecule has 144 valence electrons. The Hall–Kier alpha value is -2.35. The largest absolute Gasteiger partial charge is 0.325 e. The van der Waals surface area contributed by atoms with Crippen molar-refractivity contribution in [2.75, 3.05) is 31.5 Å². The summed E-state index contributed by atoms with van der Waals surface area (Å²) in [5.41, 5.74) is 0.912. The summed E-state index contributed by atoms with van der Waals surface area (Å²) < 4.78 is 0. The molecule has 2 fully saturated rings. The molecule has 2 aliphatic heterocycles. The molecule has 8 heteroatoms. The van der Waals surface area contributed by atoms with E-state index in [-0.39, 0.29) is 17.9 Å². The van der Waals surface area contributed by atoms with Crippen molar-refractivity contribution in [1.82, 2.24) is 20.0 Å². The van der Waals surface area contributed by atoms with Crippen molar-refractivity contribution < 1.29 is 9.59 Å². The number of aromatic amines is 1. The number of aromatic nitrogens is 2. The number of hydrogen-bond acceptors (Lipinski definition) is 4. The Morgan fingerprint density at radius 3 is 2.52 bits per heavy atom. The maximum Gasteiger partial charge on any atom is 0.319 e. The number of thiophene rings is 1. The van der Waals surface area contributed by atoms with Crippen LogP contribution in [-0.4, -0.2) is 58.1 Å². The average molecular weight is 388 g/mol. The highest BCUT2D eigenvalue weighted by Gasteiger charge is 2.30. The van der Waals surface area contributed by atoms with Crippen LogP contribution in [0, 0.1) is 12.8 Å². The quantitative estimate of drug-likeness (QED) is 0.848. The van der Waals surface area contributed by atoms with Gasteiger partial charge in [-0.3, -0.25) is 9.89 Å². The van der Waals surface area contributed by atoms with Gasteiger partial charge in [-0.15, -0.1) is 11.3 Å². The Labute approximate surface area is 162 Å². The van der Waals surface area contributed by atoms with Crippen LogP contribution >= 0.6 is 11.3 Å². The van der Waals surface area contributed by atoms with Gasteiger partial charge in [0.2, 0.25) is 5.91 Å². The first-order valence-electron chi connectivity index (χ1n) is 9.57. The number of amides is 3. The van der Waals surface area contributed by atoms with Gasteiger partial charge in [0.05, 0.1) is 10.6 Å². The summed E-state index contributed by atoms with van der Waals surface area (Å²) in [5, 5.41) is 10.1. The maximum atomic E-state index is 12.6. The molecule has 2 aliphatic rings. The fourth-order valence-electron chi connectivity index (χ4n) is 3.76. The van der Waals surface area contributed by atoms with E-state index in [9.17, 15) is 9.59 Å². The van der Waals surface area contributed by atoms with Gasteiger partial charge < -0.3 is 15.1 Å². The van der Waals surface area contributed by atoms with Gasteiger partial charge in [0.25, 0.3) is 0 Å². The first kappa shape index (κ1) is 18.0. The van der Waals surface area contributed by atoms with E-state index in [2.05, 4.69) is 28.5 Å². The molecular weight excluding hydrogens is 362 g/mol. The second-order valence-electron chi connectivity index (χ2n) is 7.30. The molecule has 2 saturated heterocycles. The second-order valence-corrected chi connectivity index (χ2v) is 8.59. The topological polar surface area (TPSA) is 81.3 Å². The minimum atomic E-state index is -0.0724. The van der Waals surface area contributed by atoms with Crippen LogP contribution in [-0.2, 0) is 4.79 Å². The summed E-state index contributed by atoms with van der Waals surface area (Å²) in [6.45, 7) is 5.09. The maximum absolute atomic E-state index is 12.6. The molecule has 4 heterocycles. The van der Waals surface area contributed by atoms with Gasteiger partial charge in [-0.2, -0.15) is 5.10 Å². The average Bonchev–Trinajstić information content (AvgIpc) is 3.43. The van der Waals surface area contributed by atoms with E-state index in [0.29, 0.717) is 31.7 Å². The summed E-state index contributed by atoms with van der Waals surface area (Å²) in [4.78, 5) is 31.2. The SMILES string of the molecule is Cc1ccc(-c2cc(NC(=O)C3CCN(C(=O)N4CCCC4)CC3)n[nH]2)s1. The van der Waals surface area contributed by atoms with Crippen LogP contribution in [0.2, 0.25) is 0 Å². The normalized spacial score (nSPS) is 18.1. The van der Waals surface area contributed by atoms with Gasteiger partial charge in [-0.05, 0) is 44.7 Å². The van der Waals surface area contributed by atoms with E-state index >= 15 is 0 Å². The number of H-pyrrole nitrogens is 1. The lowest BCUT2D eigenvalue weighted by atomic mass is 9.96. The number of urea groups is 1. The van der Waals surface area contributed by atoms with Gasteiger partial charge in [0.15, 0.2) is 5.82 Å². The van der Waals surface area contributed by atoms with Crippen molar-refractivity contribution in [2.24, 2.45) is 5.92 Å². The van der Waals surface area contributed by atoms with Crippen LogP contribution in [0.4, 0.5) is 10.6 Å². The predicted molar refractivity (Wildman–Crippen MR) is 106 cm³/mol. The van der Waals surface area contributed by atoms with Crippen LogP contribution < -0.4 is 5.32 Å². The zero-order valence-corrected chi connectivity index (χ0v) is 16.3. The summed E-state index contributed by atoms with van der Waals surface area (Å²) in [6.07, 6.45) is 3.60. The van der Waals surface area contributed by atoms with E-state index in [1.165, 1.54) is 4.88 Å². The number of nitrogens with zero attached hydrogens (tertiary/aromatic N) is 3. The van der Waals surface area contributed by atoms with Gasteiger partial charge in [-0.1, -0.05) is 0 Å². The monoisotopic (exact) mass is 387 g/mol. The molecule has 2 N–H and O–H groups in total. The summed E-state index contributed by atoms with van der Waals surface area (Å²) in [7, 11) is 0. The molecule has 7 nitrogen and oxygen atoms in total. The highest BCUT2D eigenvalue weighted by molar-refractivity contribution is 7.15. The van der Waals surface area contributed by atoms with E-state index in [1.807, 2.05) is 21.9 Å². The lowest BCUT2D eigenvalue weighted by Crippen LogP contribution is -2.47. The Kier molecular flexibility index (Phi) is 5.15. The molecule has 0 radical (unpaired) electrons. The van der Waals surface area contributed by atoms with Crippen molar-refractivity contribution in [3.8, 4) is 10.6 Å². The standard InChI is InChI=1S/C19H25N5O2S/c1-13-4-5-16(27-13)15-12-17(22-21-15)20-18(25)14-6-10-24(11-7-14)19(26)23-8-2-3-9-23/h4-5,12,14H,2-3,6-11H2,1H3,(H2,20,21,22,25). The molecule has 2 aromatic heterocycles. The van der Waals surface area contributed by atoms with Crippen molar-refractivity contribution >= 4 is 29.1 Å². The van der Waals surface area contributed by atoms with Crippen molar-refractivity contribution in [3.05, 3.63) is 23.1 Å². The molecule has 0 saturated carbocycles.